The molecule has 5 nitrogen and oxygen atoms in total. The highest BCUT2D eigenvalue weighted by atomic mass is 15.3. The van der Waals surface area contributed by atoms with E-state index in [1.807, 2.05) is 7.05 Å². The minimum Gasteiger partial charge on any atom is -0.369 e. The summed E-state index contributed by atoms with van der Waals surface area (Å²) in [6.07, 6.45) is 3.35. The number of aryl methyl sites for hydroxylation is 1. The molecule has 0 saturated heterocycles. The van der Waals surface area contributed by atoms with E-state index < -0.39 is 0 Å². The third-order valence-corrected chi connectivity index (χ3v) is 2.21. The van der Waals surface area contributed by atoms with Crippen LogP contribution in [0.15, 0.2) is 12.5 Å². The van der Waals surface area contributed by atoms with Gasteiger partial charge in [0, 0.05) is 13.6 Å². The number of rotatable bonds is 3. The van der Waals surface area contributed by atoms with Gasteiger partial charge in [0.25, 0.3) is 0 Å². The van der Waals surface area contributed by atoms with E-state index in [2.05, 4.69) is 34.2 Å². The smallest absolute Gasteiger partial charge is 0.163 e. The third-order valence-electron chi connectivity index (χ3n) is 2.21. The Morgan fingerprint density at radius 3 is 2.93 bits per heavy atom. The molecule has 0 unspecified atom stereocenters. The summed E-state index contributed by atoms with van der Waals surface area (Å²) in [6.45, 7) is 5.23. The normalized spacial score (nSPS) is 11.2. The average molecular weight is 205 g/mol. The Balaban J connectivity index is 2.34. The van der Waals surface area contributed by atoms with Crippen LogP contribution in [0.3, 0.4) is 0 Å². The Bertz CT molecular complexity index is 460. The highest BCUT2D eigenvalue weighted by Crippen LogP contribution is 2.17. The second kappa shape index (κ2) is 3.84. The molecule has 15 heavy (non-hydrogen) atoms. The van der Waals surface area contributed by atoms with Crippen LogP contribution >= 0.6 is 0 Å². The fourth-order valence-electron chi connectivity index (χ4n) is 1.40. The molecule has 0 atom stereocenters. The van der Waals surface area contributed by atoms with Crippen LogP contribution < -0.4 is 5.32 Å². The zero-order chi connectivity index (χ0) is 10.8. The van der Waals surface area contributed by atoms with Gasteiger partial charge >= 0.3 is 0 Å². The average Bonchev–Trinajstić information content (AvgIpc) is 2.58. The SMILES string of the molecule is CC(C)CNc1ncnc2c1cnn2C. The number of fused-ring (bicyclic) bond motifs is 1. The number of nitrogens with one attached hydrogen (secondary N) is 1. The summed E-state index contributed by atoms with van der Waals surface area (Å²) in [6, 6.07) is 0. The fraction of sp³-hybridized carbons (Fsp3) is 0.500. The maximum Gasteiger partial charge on any atom is 0.163 e. The topological polar surface area (TPSA) is 55.6 Å². The predicted molar refractivity (Wildman–Crippen MR) is 59.6 cm³/mol. The summed E-state index contributed by atoms with van der Waals surface area (Å²) < 4.78 is 1.75. The lowest BCUT2D eigenvalue weighted by Crippen LogP contribution is -2.09. The summed E-state index contributed by atoms with van der Waals surface area (Å²) in [4.78, 5) is 8.39. The number of anilines is 1. The van der Waals surface area contributed by atoms with E-state index >= 15 is 0 Å². The van der Waals surface area contributed by atoms with Gasteiger partial charge in [-0.3, -0.25) is 4.68 Å². The molecule has 2 rings (SSSR count). The molecule has 2 heterocycles. The molecule has 0 fully saturated rings. The van der Waals surface area contributed by atoms with E-state index in [4.69, 9.17) is 0 Å². The van der Waals surface area contributed by atoms with E-state index in [9.17, 15) is 0 Å². The molecule has 0 aliphatic heterocycles. The van der Waals surface area contributed by atoms with E-state index in [-0.39, 0.29) is 0 Å². The van der Waals surface area contributed by atoms with Crippen molar-refractivity contribution < 1.29 is 0 Å². The summed E-state index contributed by atoms with van der Waals surface area (Å²) in [5.74, 6) is 1.45. The fourth-order valence-corrected chi connectivity index (χ4v) is 1.40. The van der Waals surface area contributed by atoms with Crippen LogP contribution in [0.5, 0.6) is 0 Å². The number of hydrogen-bond acceptors (Lipinski definition) is 4. The molecule has 0 radical (unpaired) electrons. The molecule has 5 heteroatoms. The molecule has 0 spiro atoms. The maximum atomic E-state index is 4.22. The first-order valence-corrected chi connectivity index (χ1v) is 5.05. The Hall–Kier alpha value is -1.65. The van der Waals surface area contributed by atoms with Crippen molar-refractivity contribution in [2.24, 2.45) is 13.0 Å². The Labute approximate surface area is 88.5 Å². The van der Waals surface area contributed by atoms with Crippen molar-refractivity contribution in [1.29, 1.82) is 0 Å². The molecule has 0 saturated carbocycles. The maximum absolute atomic E-state index is 4.22. The first-order chi connectivity index (χ1) is 7.18. The molecule has 80 valence electrons. The summed E-state index contributed by atoms with van der Waals surface area (Å²) >= 11 is 0. The molecule has 2 aromatic heterocycles. The first kappa shape index (κ1) is 9.89. The zero-order valence-corrected chi connectivity index (χ0v) is 9.23. The highest BCUT2D eigenvalue weighted by molar-refractivity contribution is 5.85. The van der Waals surface area contributed by atoms with Crippen molar-refractivity contribution in [1.82, 2.24) is 19.7 Å². The van der Waals surface area contributed by atoms with Crippen molar-refractivity contribution in [3.8, 4) is 0 Å². The van der Waals surface area contributed by atoms with Gasteiger partial charge in [0.15, 0.2) is 5.65 Å². The molecule has 0 aromatic carbocycles. The van der Waals surface area contributed by atoms with Crippen LogP contribution in [0, 0.1) is 5.92 Å². The van der Waals surface area contributed by atoms with Crippen LogP contribution in [0.25, 0.3) is 11.0 Å². The minimum absolute atomic E-state index is 0.590. The van der Waals surface area contributed by atoms with Crippen LogP contribution in [0.2, 0.25) is 0 Å². The second-order valence-corrected chi connectivity index (χ2v) is 4.00. The molecule has 2 aromatic rings. The van der Waals surface area contributed by atoms with Crippen molar-refractivity contribution in [3.05, 3.63) is 12.5 Å². The lowest BCUT2D eigenvalue weighted by molar-refractivity contribution is 0.687. The highest BCUT2D eigenvalue weighted by Gasteiger charge is 2.07. The van der Waals surface area contributed by atoms with Crippen molar-refractivity contribution in [2.75, 3.05) is 11.9 Å². The summed E-state index contributed by atoms with van der Waals surface area (Å²) in [5, 5.41) is 8.43. The van der Waals surface area contributed by atoms with E-state index in [0.29, 0.717) is 5.92 Å². The van der Waals surface area contributed by atoms with Gasteiger partial charge in [-0.05, 0) is 5.92 Å². The zero-order valence-electron chi connectivity index (χ0n) is 9.23. The molecule has 0 aliphatic rings. The van der Waals surface area contributed by atoms with Gasteiger partial charge in [0.1, 0.15) is 12.1 Å². The summed E-state index contributed by atoms with van der Waals surface area (Å²) in [7, 11) is 1.88. The monoisotopic (exact) mass is 205 g/mol. The first-order valence-electron chi connectivity index (χ1n) is 5.05. The van der Waals surface area contributed by atoms with Crippen molar-refractivity contribution >= 4 is 16.9 Å². The minimum atomic E-state index is 0.590. The number of aromatic nitrogens is 4. The Kier molecular flexibility index (Phi) is 2.53. The van der Waals surface area contributed by atoms with Gasteiger partial charge in [-0.1, -0.05) is 13.8 Å². The number of hydrogen-bond donors (Lipinski definition) is 1. The van der Waals surface area contributed by atoms with Crippen LogP contribution in [0.1, 0.15) is 13.8 Å². The molecule has 0 aliphatic carbocycles. The lowest BCUT2D eigenvalue weighted by Gasteiger charge is -2.08. The molecular formula is C10H15N5. The van der Waals surface area contributed by atoms with E-state index in [0.717, 1.165) is 23.4 Å². The van der Waals surface area contributed by atoms with Crippen LogP contribution in [-0.2, 0) is 7.05 Å². The van der Waals surface area contributed by atoms with Gasteiger partial charge in [-0.2, -0.15) is 5.10 Å². The van der Waals surface area contributed by atoms with Crippen LogP contribution in [-0.4, -0.2) is 26.3 Å². The van der Waals surface area contributed by atoms with Gasteiger partial charge in [-0.15, -0.1) is 0 Å². The molecule has 0 bridgehead atoms. The van der Waals surface area contributed by atoms with Gasteiger partial charge in [0.05, 0.1) is 11.6 Å². The number of nitrogens with zero attached hydrogens (tertiary/aromatic N) is 4. The van der Waals surface area contributed by atoms with Crippen molar-refractivity contribution in [2.45, 2.75) is 13.8 Å². The van der Waals surface area contributed by atoms with E-state index in [1.54, 1.807) is 17.2 Å². The largest absolute Gasteiger partial charge is 0.369 e. The molecular weight excluding hydrogens is 190 g/mol. The standard InChI is InChI=1S/C10H15N5/c1-7(2)4-11-9-8-5-14-15(3)10(8)13-6-12-9/h5-7H,4H2,1-3H3,(H,11,12,13). The molecule has 0 amide bonds. The Morgan fingerprint density at radius 1 is 1.40 bits per heavy atom. The third kappa shape index (κ3) is 1.91. The second-order valence-electron chi connectivity index (χ2n) is 4.00. The summed E-state index contributed by atoms with van der Waals surface area (Å²) in [5.41, 5.74) is 0.858. The Morgan fingerprint density at radius 2 is 2.20 bits per heavy atom. The predicted octanol–water partition coefficient (Wildman–Crippen LogP) is 1.43. The van der Waals surface area contributed by atoms with Gasteiger partial charge in [-0.25, -0.2) is 9.97 Å². The van der Waals surface area contributed by atoms with Crippen LogP contribution in [0.4, 0.5) is 5.82 Å². The quantitative estimate of drug-likeness (QED) is 0.823. The van der Waals surface area contributed by atoms with Crippen molar-refractivity contribution in [3.63, 3.8) is 0 Å². The van der Waals surface area contributed by atoms with Gasteiger partial charge < -0.3 is 5.32 Å². The lowest BCUT2D eigenvalue weighted by atomic mass is 10.2. The van der Waals surface area contributed by atoms with Gasteiger partial charge in [0.2, 0.25) is 0 Å². The molecule has 1 N–H and O–H groups in total. The van der Waals surface area contributed by atoms with E-state index in [1.165, 1.54) is 0 Å².